The standard InChI is InChI=1S/C11H12O3/c1-6-2-8(10(13)3-6)9-4-7(12)5-11(9)14/h8-9H,1-5H2. The van der Waals surface area contributed by atoms with Crippen molar-refractivity contribution in [1.82, 2.24) is 0 Å². The van der Waals surface area contributed by atoms with Gasteiger partial charge in [-0.1, -0.05) is 12.2 Å². The van der Waals surface area contributed by atoms with E-state index in [0.717, 1.165) is 5.57 Å². The highest BCUT2D eigenvalue weighted by molar-refractivity contribution is 6.09. The van der Waals surface area contributed by atoms with Crippen molar-refractivity contribution in [1.29, 1.82) is 0 Å². The number of carbonyl (C=O) groups is 3. The molecule has 2 aliphatic rings. The van der Waals surface area contributed by atoms with Crippen molar-refractivity contribution in [2.45, 2.75) is 25.7 Å². The van der Waals surface area contributed by atoms with Gasteiger partial charge in [0.05, 0.1) is 6.42 Å². The Morgan fingerprint density at radius 2 is 1.50 bits per heavy atom. The Morgan fingerprint density at radius 1 is 0.929 bits per heavy atom. The van der Waals surface area contributed by atoms with E-state index in [1.165, 1.54) is 0 Å². The topological polar surface area (TPSA) is 51.2 Å². The number of allylic oxidation sites excluding steroid dienone is 1. The molecular weight excluding hydrogens is 180 g/mol. The van der Waals surface area contributed by atoms with Gasteiger partial charge in [-0.15, -0.1) is 0 Å². The molecule has 2 rings (SSSR count). The first-order chi connectivity index (χ1) is 6.58. The molecule has 0 N–H and O–H groups in total. The van der Waals surface area contributed by atoms with Gasteiger partial charge in [0.1, 0.15) is 17.3 Å². The van der Waals surface area contributed by atoms with Crippen LogP contribution in [0.15, 0.2) is 12.2 Å². The highest BCUT2D eigenvalue weighted by Gasteiger charge is 2.42. The van der Waals surface area contributed by atoms with Crippen LogP contribution in [-0.2, 0) is 14.4 Å². The van der Waals surface area contributed by atoms with Gasteiger partial charge in [0.25, 0.3) is 0 Å². The number of hydrogen-bond acceptors (Lipinski definition) is 3. The summed E-state index contributed by atoms with van der Waals surface area (Å²) in [6.45, 7) is 3.75. The molecule has 0 saturated heterocycles. The van der Waals surface area contributed by atoms with Crippen LogP contribution in [0.5, 0.6) is 0 Å². The van der Waals surface area contributed by atoms with E-state index < -0.39 is 0 Å². The van der Waals surface area contributed by atoms with Gasteiger partial charge in [0, 0.05) is 24.7 Å². The molecule has 0 amide bonds. The molecule has 2 atom stereocenters. The minimum absolute atomic E-state index is 0.0229. The van der Waals surface area contributed by atoms with Crippen molar-refractivity contribution in [2.75, 3.05) is 0 Å². The van der Waals surface area contributed by atoms with E-state index in [9.17, 15) is 14.4 Å². The molecule has 0 heterocycles. The van der Waals surface area contributed by atoms with Gasteiger partial charge in [-0.05, 0) is 6.42 Å². The molecular formula is C11H12O3. The van der Waals surface area contributed by atoms with Crippen molar-refractivity contribution in [3.63, 3.8) is 0 Å². The summed E-state index contributed by atoms with van der Waals surface area (Å²) in [5.74, 6) is -0.577. The van der Waals surface area contributed by atoms with Crippen LogP contribution in [0.25, 0.3) is 0 Å². The molecule has 0 aromatic rings. The fourth-order valence-electron chi connectivity index (χ4n) is 2.36. The van der Waals surface area contributed by atoms with Crippen LogP contribution >= 0.6 is 0 Å². The molecule has 2 saturated carbocycles. The zero-order valence-corrected chi connectivity index (χ0v) is 7.91. The van der Waals surface area contributed by atoms with Gasteiger partial charge in [-0.25, -0.2) is 0 Å². The summed E-state index contributed by atoms with van der Waals surface area (Å²) >= 11 is 0. The molecule has 0 aromatic carbocycles. The second-order valence-electron chi connectivity index (χ2n) is 4.20. The van der Waals surface area contributed by atoms with Crippen molar-refractivity contribution < 1.29 is 14.4 Å². The molecule has 0 radical (unpaired) electrons. The number of Topliss-reactive ketones (excluding diaryl/α,β-unsaturated/α-hetero) is 3. The van der Waals surface area contributed by atoms with E-state index in [4.69, 9.17) is 0 Å². The second-order valence-corrected chi connectivity index (χ2v) is 4.20. The van der Waals surface area contributed by atoms with Gasteiger partial charge >= 0.3 is 0 Å². The fraction of sp³-hybridized carbons (Fsp3) is 0.545. The number of ketones is 3. The molecule has 0 bridgehead atoms. The molecule has 3 heteroatoms. The van der Waals surface area contributed by atoms with Crippen LogP contribution in [-0.4, -0.2) is 17.3 Å². The summed E-state index contributed by atoms with van der Waals surface area (Å²) < 4.78 is 0. The van der Waals surface area contributed by atoms with Gasteiger partial charge in [-0.3, -0.25) is 14.4 Å². The minimum atomic E-state index is -0.339. The van der Waals surface area contributed by atoms with Gasteiger partial charge in [0.2, 0.25) is 0 Å². The monoisotopic (exact) mass is 192 g/mol. The number of carbonyl (C=O) groups excluding carboxylic acids is 3. The Hall–Kier alpha value is -1.25. The van der Waals surface area contributed by atoms with Crippen molar-refractivity contribution in [2.24, 2.45) is 11.8 Å². The van der Waals surface area contributed by atoms with E-state index in [0.29, 0.717) is 12.8 Å². The van der Waals surface area contributed by atoms with Crippen molar-refractivity contribution in [3.05, 3.63) is 12.2 Å². The van der Waals surface area contributed by atoms with Gasteiger partial charge in [-0.2, -0.15) is 0 Å². The summed E-state index contributed by atoms with van der Waals surface area (Å²) in [4.78, 5) is 34.0. The maximum Gasteiger partial charge on any atom is 0.144 e. The van der Waals surface area contributed by atoms with Crippen LogP contribution in [0, 0.1) is 11.8 Å². The summed E-state index contributed by atoms with van der Waals surface area (Å²) in [5.41, 5.74) is 0.896. The first-order valence-corrected chi connectivity index (χ1v) is 4.81. The first kappa shape index (κ1) is 9.31. The number of hydrogen-bond donors (Lipinski definition) is 0. The lowest BCUT2D eigenvalue weighted by Crippen LogP contribution is -2.22. The predicted molar refractivity (Wildman–Crippen MR) is 49.6 cm³/mol. The van der Waals surface area contributed by atoms with Crippen LogP contribution in [0.1, 0.15) is 25.7 Å². The molecule has 2 aliphatic carbocycles. The molecule has 0 aliphatic heterocycles. The molecule has 0 aromatic heterocycles. The second kappa shape index (κ2) is 3.15. The summed E-state index contributed by atoms with van der Waals surface area (Å²) in [5, 5.41) is 0. The summed E-state index contributed by atoms with van der Waals surface area (Å²) in [6.07, 6.45) is 1.29. The van der Waals surface area contributed by atoms with Gasteiger partial charge in [0.15, 0.2) is 0 Å². The Morgan fingerprint density at radius 3 is 1.93 bits per heavy atom. The average molecular weight is 192 g/mol. The van der Waals surface area contributed by atoms with Crippen LogP contribution in [0.4, 0.5) is 0 Å². The highest BCUT2D eigenvalue weighted by atomic mass is 16.2. The third kappa shape index (κ3) is 1.43. The van der Waals surface area contributed by atoms with Crippen molar-refractivity contribution in [3.8, 4) is 0 Å². The lowest BCUT2D eigenvalue weighted by atomic mass is 9.88. The van der Waals surface area contributed by atoms with Crippen LogP contribution in [0.2, 0.25) is 0 Å². The third-order valence-corrected chi connectivity index (χ3v) is 3.06. The fourth-order valence-corrected chi connectivity index (χ4v) is 2.36. The van der Waals surface area contributed by atoms with Gasteiger partial charge < -0.3 is 0 Å². The molecule has 74 valence electrons. The molecule has 0 spiro atoms. The Bertz CT molecular complexity index is 306. The Balaban J connectivity index is 2.16. The quantitative estimate of drug-likeness (QED) is 0.461. The largest absolute Gasteiger partial charge is 0.299 e. The molecule has 14 heavy (non-hydrogen) atoms. The van der Waals surface area contributed by atoms with Crippen LogP contribution < -0.4 is 0 Å². The van der Waals surface area contributed by atoms with Crippen LogP contribution in [0.3, 0.4) is 0 Å². The lowest BCUT2D eigenvalue weighted by molar-refractivity contribution is -0.129. The Labute approximate surface area is 82.2 Å². The molecule has 3 nitrogen and oxygen atoms in total. The SMILES string of the molecule is C=C1CC(=O)C(C2CC(=O)CC2=O)C1. The average Bonchev–Trinajstić information content (AvgIpc) is 2.55. The smallest absolute Gasteiger partial charge is 0.144 e. The zero-order valence-electron chi connectivity index (χ0n) is 7.91. The maximum atomic E-state index is 11.5. The third-order valence-electron chi connectivity index (χ3n) is 3.06. The zero-order chi connectivity index (χ0) is 10.3. The molecule has 2 fully saturated rings. The van der Waals surface area contributed by atoms with Crippen molar-refractivity contribution >= 4 is 17.3 Å². The van der Waals surface area contributed by atoms with E-state index in [1.54, 1.807) is 0 Å². The lowest BCUT2D eigenvalue weighted by Gasteiger charge is -2.12. The summed E-state index contributed by atoms with van der Waals surface area (Å²) in [7, 11) is 0. The Kier molecular flexibility index (Phi) is 2.10. The number of rotatable bonds is 1. The highest BCUT2D eigenvalue weighted by Crippen LogP contribution is 2.37. The maximum absolute atomic E-state index is 11.5. The normalized spacial score (nSPS) is 33.1. The summed E-state index contributed by atoms with van der Waals surface area (Å²) in [6, 6.07) is 0. The van der Waals surface area contributed by atoms with E-state index in [2.05, 4.69) is 6.58 Å². The molecule has 2 unspecified atom stereocenters. The minimum Gasteiger partial charge on any atom is -0.299 e. The first-order valence-electron chi connectivity index (χ1n) is 4.81. The van der Waals surface area contributed by atoms with E-state index in [1.807, 2.05) is 0 Å². The predicted octanol–water partition coefficient (Wildman–Crippen LogP) is 1.07. The van der Waals surface area contributed by atoms with E-state index >= 15 is 0 Å². The van der Waals surface area contributed by atoms with E-state index in [-0.39, 0.29) is 42.0 Å².